The quantitative estimate of drug-likeness (QED) is 0.823. The number of hydrogen-bond acceptors (Lipinski definition) is 3. The fourth-order valence-corrected chi connectivity index (χ4v) is 5.54. The first-order valence-electron chi connectivity index (χ1n) is 10.6. The highest BCUT2D eigenvalue weighted by Crippen LogP contribution is 2.37. The molecular weight excluding hydrogens is 352 g/mol. The van der Waals surface area contributed by atoms with Gasteiger partial charge < -0.3 is 14.0 Å². The van der Waals surface area contributed by atoms with Gasteiger partial charge in [0.05, 0.1) is 5.56 Å². The van der Waals surface area contributed by atoms with Gasteiger partial charge >= 0.3 is 0 Å². The Balaban J connectivity index is 1.40. The first-order chi connectivity index (χ1) is 13.6. The molecule has 0 radical (unpaired) electrons. The first kappa shape index (κ1) is 17.7. The highest BCUT2D eigenvalue weighted by molar-refractivity contribution is 5.76. The Morgan fingerprint density at radius 2 is 2.00 bits per heavy atom. The number of imidazole rings is 1. The largest absolute Gasteiger partial charge is 0.342 e. The predicted molar refractivity (Wildman–Crippen MR) is 107 cm³/mol. The molecule has 0 unspecified atom stereocenters. The van der Waals surface area contributed by atoms with Crippen molar-refractivity contribution < 1.29 is 4.79 Å². The number of piperidine rings is 1. The second-order valence-corrected chi connectivity index (χ2v) is 8.90. The van der Waals surface area contributed by atoms with Crippen molar-refractivity contribution >= 4 is 5.91 Å². The summed E-state index contributed by atoms with van der Waals surface area (Å²) < 4.78 is 3.83. The van der Waals surface area contributed by atoms with Crippen molar-refractivity contribution in [1.29, 1.82) is 0 Å². The maximum Gasteiger partial charge on any atom is 0.261 e. The van der Waals surface area contributed by atoms with Crippen LogP contribution in [-0.4, -0.2) is 38.0 Å². The molecule has 1 saturated carbocycles. The molecule has 0 N–H and O–H groups in total. The summed E-state index contributed by atoms with van der Waals surface area (Å²) in [5, 5.41) is 0. The maximum absolute atomic E-state index is 13.2. The Bertz CT molecular complexity index is 954. The predicted octanol–water partition coefficient (Wildman–Crippen LogP) is 2.77. The van der Waals surface area contributed by atoms with E-state index in [0.717, 1.165) is 25.2 Å². The summed E-state index contributed by atoms with van der Waals surface area (Å²) in [5.41, 5.74) is 1.79. The minimum Gasteiger partial charge on any atom is -0.342 e. The van der Waals surface area contributed by atoms with E-state index < -0.39 is 0 Å². The van der Waals surface area contributed by atoms with E-state index in [1.807, 2.05) is 28.4 Å². The van der Waals surface area contributed by atoms with Gasteiger partial charge in [-0.25, -0.2) is 4.98 Å². The monoisotopic (exact) mass is 380 g/mol. The number of carbonyl (C=O) groups is 1. The Hall–Kier alpha value is -2.37. The van der Waals surface area contributed by atoms with Gasteiger partial charge in [-0.3, -0.25) is 9.59 Å². The normalized spacial score (nSPS) is 24.4. The number of rotatable bonds is 3. The molecule has 28 heavy (non-hydrogen) atoms. The maximum atomic E-state index is 13.2. The van der Waals surface area contributed by atoms with Crippen molar-refractivity contribution in [2.45, 2.75) is 51.0 Å². The van der Waals surface area contributed by atoms with Crippen LogP contribution < -0.4 is 5.56 Å². The molecule has 3 aliphatic rings. The lowest BCUT2D eigenvalue weighted by molar-refractivity contribution is -0.134. The van der Waals surface area contributed by atoms with Crippen molar-refractivity contribution in [3.05, 3.63) is 40.6 Å². The van der Waals surface area contributed by atoms with Crippen LogP contribution in [0.1, 0.15) is 50.1 Å². The third-order valence-electron chi connectivity index (χ3n) is 6.96. The van der Waals surface area contributed by atoms with Crippen LogP contribution in [-0.2, 0) is 18.4 Å². The number of carbonyl (C=O) groups excluding carboxylic acids is 1. The molecule has 2 aliphatic heterocycles. The average molecular weight is 380 g/mol. The highest BCUT2D eigenvalue weighted by atomic mass is 16.2. The van der Waals surface area contributed by atoms with E-state index in [2.05, 4.69) is 16.0 Å². The molecule has 148 valence electrons. The standard InChI is InChI=1S/C22H28N4O2/c1-24-9-8-23-21(24)18-6-7-19-17-10-16(13-26(19)22(18)28)12-25(14-17)20(27)11-15-4-2-3-5-15/h6-9,15-17H,2-5,10-14H2,1H3/t16-,17+/m0/s1. The number of fused-ring (bicyclic) bond motifs is 4. The second-order valence-electron chi connectivity index (χ2n) is 8.90. The van der Waals surface area contributed by atoms with E-state index in [1.165, 1.54) is 25.7 Å². The molecule has 2 atom stereocenters. The van der Waals surface area contributed by atoms with Crippen molar-refractivity contribution in [1.82, 2.24) is 19.0 Å². The van der Waals surface area contributed by atoms with E-state index in [1.54, 1.807) is 6.20 Å². The van der Waals surface area contributed by atoms with Crippen LogP contribution in [0.5, 0.6) is 0 Å². The number of pyridine rings is 1. The van der Waals surface area contributed by atoms with Crippen LogP contribution in [0.25, 0.3) is 11.4 Å². The van der Waals surface area contributed by atoms with Gasteiger partial charge in [-0.15, -0.1) is 0 Å². The molecule has 2 bridgehead atoms. The summed E-state index contributed by atoms with van der Waals surface area (Å²) in [6.07, 6.45) is 10.3. The van der Waals surface area contributed by atoms with Gasteiger partial charge in [0, 0.05) is 57.1 Å². The number of amides is 1. The second kappa shape index (κ2) is 6.90. The fourth-order valence-electron chi connectivity index (χ4n) is 5.54. The summed E-state index contributed by atoms with van der Waals surface area (Å²) in [7, 11) is 1.91. The van der Waals surface area contributed by atoms with Gasteiger partial charge in [0.2, 0.25) is 5.91 Å². The zero-order chi connectivity index (χ0) is 19.3. The fraction of sp³-hybridized carbons (Fsp3) is 0.591. The van der Waals surface area contributed by atoms with Crippen molar-refractivity contribution in [3.63, 3.8) is 0 Å². The summed E-state index contributed by atoms with van der Waals surface area (Å²) in [6, 6.07) is 3.99. The number of aryl methyl sites for hydroxylation is 1. The lowest BCUT2D eigenvalue weighted by Gasteiger charge is -2.43. The molecule has 0 aromatic carbocycles. The Kier molecular flexibility index (Phi) is 4.37. The zero-order valence-corrected chi connectivity index (χ0v) is 16.5. The van der Waals surface area contributed by atoms with Gasteiger partial charge in [0.15, 0.2) is 0 Å². The lowest BCUT2D eigenvalue weighted by atomic mass is 9.82. The molecule has 2 fully saturated rings. The lowest BCUT2D eigenvalue weighted by Crippen LogP contribution is -2.49. The Labute approximate surface area is 165 Å². The van der Waals surface area contributed by atoms with Crippen LogP contribution >= 0.6 is 0 Å². The average Bonchev–Trinajstić information content (AvgIpc) is 3.34. The molecule has 6 nitrogen and oxygen atoms in total. The van der Waals surface area contributed by atoms with Crippen molar-refractivity contribution in [2.75, 3.05) is 13.1 Å². The summed E-state index contributed by atoms with van der Waals surface area (Å²) in [4.78, 5) is 32.5. The minimum atomic E-state index is 0.0484. The van der Waals surface area contributed by atoms with Gasteiger partial charge in [0.1, 0.15) is 5.82 Å². The molecule has 4 heterocycles. The Morgan fingerprint density at radius 3 is 2.75 bits per heavy atom. The van der Waals surface area contributed by atoms with Crippen molar-refractivity contribution in [3.8, 4) is 11.4 Å². The van der Waals surface area contributed by atoms with E-state index >= 15 is 0 Å². The number of aromatic nitrogens is 3. The van der Waals surface area contributed by atoms with Gasteiger partial charge in [-0.1, -0.05) is 12.8 Å². The van der Waals surface area contributed by atoms with Gasteiger partial charge in [-0.05, 0) is 43.2 Å². The summed E-state index contributed by atoms with van der Waals surface area (Å²) in [6.45, 7) is 2.25. The number of hydrogen-bond donors (Lipinski definition) is 0. The zero-order valence-electron chi connectivity index (χ0n) is 16.5. The molecule has 1 amide bonds. The highest BCUT2D eigenvalue weighted by Gasteiger charge is 2.37. The van der Waals surface area contributed by atoms with Gasteiger partial charge in [-0.2, -0.15) is 0 Å². The molecule has 1 aliphatic carbocycles. The molecule has 2 aromatic heterocycles. The van der Waals surface area contributed by atoms with E-state index in [0.29, 0.717) is 42.1 Å². The van der Waals surface area contributed by atoms with Crippen LogP contribution in [0.15, 0.2) is 29.3 Å². The van der Waals surface area contributed by atoms with Gasteiger partial charge in [0.25, 0.3) is 5.56 Å². The number of nitrogens with zero attached hydrogens (tertiary/aromatic N) is 4. The Morgan fingerprint density at radius 1 is 1.18 bits per heavy atom. The summed E-state index contributed by atoms with van der Waals surface area (Å²) >= 11 is 0. The SMILES string of the molecule is Cn1ccnc1-c1ccc2n(c1=O)C[C@H]1C[C@@H]2CN(C(=O)CC2CCCC2)C1. The third-order valence-corrected chi connectivity index (χ3v) is 6.96. The molecule has 5 rings (SSSR count). The molecule has 1 saturated heterocycles. The van der Waals surface area contributed by atoms with Crippen LogP contribution in [0.4, 0.5) is 0 Å². The minimum absolute atomic E-state index is 0.0484. The molecule has 2 aromatic rings. The van der Waals surface area contributed by atoms with E-state index in [4.69, 9.17) is 0 Å². The van der Waals surface area contributed by atoms with Crippen LogP contribution in [0.3, 0.4) is 0 Å². The van der Waals surface area contributed by atoms with E-state index in [9.17, 15) is 9.59 Å². The van der Waals surface area contributed by atoms with E-state index in [-0.39, 0.29) is 11.5 Å². The number of likely N-dealkylation sites (tertiary alicyclic amines) is 1. The molecular formula is C22H28N4O2. The van der Waals surface area contributed by atoms with Crippen LogP contribution in [0.2, 0.25) is 0 Å². The first-order valence-corrected chi connectivity index (χ1v) is 10.6. The smallest absolute Gasteiger partial charge is 0.261 e. The molecule has 6 heteroatoms. The summed E-state index contributed by atoms with van der Waals surface area (Å²) in [5.74, 6) is 2.26. The van der Waals surface area contributed by atoms with Crippen LogP contribution in [0, 0.1) is 11.8 Å². The van der Waals surface area contributed by atoms with Crippen molar-refractivity contribution in [2.24, 2.45) is 18.9 Å². The molecule has 0 spiro atoms. The topological polar surface area (TPSA) is 60.1 Å². The third kappa shape index (κ3) is 2.99.